The predicted octanol–water partition coefficient (Wildman–Crippen LogP) is -2.46. The lowest BCUT2D eigenvalue weighted by atomic mass is 10.2. The summed E-state index contributed by atoms with van der Waals surface area (Å²) in [6.45, 7) is 7.13. The molecule has 0 fully saturated rings. The Kier molecular flexibility index (Phi) is 8.99. The second-order valence-corrected chi connectivity index (χ2v) is 3.99. The third kappa shape index (κ3) is 11.5. The Hall–Kier alpha value is -0.480. The van der Waals surface area contributed by atoms with Gasteiger partial charge in [-0.15, -0.1) is 0 Å². The zero-order chi connectivity index (χ0) is 10.3. The third-order valence-corrected chi connectivity index (χ3v) is 1.34. The molecule has 0 aliphatic rings. The summed E-state index contributed by atoms with van der Waals surface area (Å²) in [7, 11) is 0. The molecule has 0 aromatic rings. The first kappa shape index (κ1) is 16.0. The molecule has 5 heteroatoms. The van der Waals surface area contributed by atoms with Crippen LogP contribution in [0.1, 0.15) is 33.6 Å². The summed E-state index contributed by atoms with van der Waals surface area (Å²) in [4.78, 5) is 11.1. The van der Waals surface area contributed by atoms with Crippen LogP contribution in [-0.4, -0.2) is 24.8 Å². The maximum Gasteiger partial charge on any atom is 0.407 e. The van der Waals surface area contributed by atoms with Crippen LogP contribution < -0.4 is 23.5 Å². The highest BCUT2D eigenvalue weighted by Gasteiger charge is 2.15. The summed E-state index contributed by atoms with van der Waals surface area (Å²) >= 11 is 0. The van der Waals surface area contributed by atoms with Crippen molar-refractivity contribution in [1.29, 1.82) is 0 Å². The van der Waals surface area contributed by atoms with Gasteiger partial charge < -0.3 is 28.2 Å². The number of alkyl carbamates (subject to hydrolysis) is 1. The molecule has 0 rings (SSSR count). The van der Waals surface area contributed by atoms with E-state index in [0.29, 0.717) is 6.54 Å². The van der Waals surface area contributed by atoms with Crippen molar-refractivity contribution in [3.8, 4) is 0 Å². The summed E-state index contributed by atoms with van der Waals surface area (Å²) < 4.78 is 5.05. The Morgan fingerprint density at radius 2 is 1.93 bits per heavy atom. The SMILES string of the molecule is CC(C)(C)OC(=O)NCCCC[NH3+].[Cl-]. The fourth-order valence-corrected chi connectivity index (χ4v) is 0.806. The first-order chi connectivity index (χ1) is 5.95. The predicted molar refractivity (Wildman–Crippen MR) is 51.2 cm³/mol. The third-order valence-electron chi connectivity index (χ3n) is 1.34. The van der Waals surface area contributed by atoms with E-state index in [1.807, 2.05) is 20.8 Å². The van der Waals surface area contributed by atoms with E-state index in [1.165, 1.54) is 0 Å². The number of nitrogens with one attached hydrogen (secondary N) is 1. The van der Waals surface area contributed by atoms with Crippen LogP contribution in [0.2, 0.25) is 0 Å². The number of carbonyl (C=O) groups is 1. The molecule has 0 aliphatic carbocycles. The van der Waals surface area contributed by atoms with Crippen LogP contribution in [0.4, 0.5) is 4.79 Å². The van der Waals surface area contributed by atoms with Gasteiger partial charge >= 0.3 is 6.09 Å². The summed E-state index contributed by atoms with van der Waals surface area (Å²) in [5.41, 5.74) is 3.31. The maximum absolute atomic E-state index is 11.1. The van der Waals surface area contributed by atoms with E-state index in [2.05, 4.69) is 11.1 Å². The van der Waals surface area contributed by atoms with Crippen molar-refractivity contribution in [3.63, 3.8) is 0 Å². The normalized spacial score (nSPS) is 10.3. The lowest BCUT2D eigenvalue weighted by Gasteiger charge is -2.19. The van der Waals surface area contributed by atoms with Gasteiger partial charge in [-0.1, -0.05) is 0 Å². The quantitative estimate of drug-likeness (QED) is 0.521. The number of hydrogen-bond donors (Lipinski definition) is 2. The van der Waals surface area contributed by atoms with Crippen LogP contribution in [0.25, 0.3) is 0 Å². The first-order valence-electron chi connectivity index (χ1n) is 4.72. The molecule has 14 heavy (non-hydrogen) atoms. The molecule has 0 bridgehead atoms. The van der Waals surface area contributed by atoms with Crippen LogP contribution in [0.5, 0.6) is 0 Å². The van der Waals surface area contributed by atoms with Gasteiger partial charge in [0.15, 0.2) is 0 Å². The van der Waals surface area contributed by atoms with Gasteiger partial charge in [0.2, 0.25) is 0 Å². The number of quaternary nitrogens is 1. The van der Waals surface area contributed by atoms with Gasteiger partial charge in [0, 0.05) is 6.54 Å². The van der Waals surface area contributed by atoms with Crippen LogP contribution in [0.3, 0.4) is 0 Å². The zero-order valence-corrected chi connectivity index (χ0v) is 9.99. The van der Waals surface area contributed by atoms with E-state index in [9.17, 15) is 4.79 Å². The van der Waals surface area contributed by atoms with Crippen molar-refractivity contribution < 1.29 is 27.7 Å². The lowest BCUT2D eigenvalue weighted by molar-refractivity contribution is -0.368. The van der Waals surface area contributed by atoms with Crippen LogP contribution in [0.15, 0.2) is 0 Å². The van der Waals surface area contributed by atoms with E-state index in [-0.39, 0.29) is 18.5 Å². The Morgan fingerprint density at radius 3 is 2.36 bits per heavy atom. The highest BCUT2D eigenvalue weighted by Crippen LogP contribution is 2.06. The maximum atomic E-state index is 11.1. The number of amides is 1. The molecule has 0 unspecified atom stereocenters. The monoisotopic (exact) mass is 224 g/mol. The van der Waals surface area contributed by atoms with E-state index in [4.69, 9.17) is 4.74 Å². The molecule has 0 spiro atoms. The minimum Gasteiger partial charge on any atom is -1.00 e. The molecular weight excluding hydrogens is 204 g/mol. The van der Waals surface area contributed by atoms with Crippen molar-refractivity contribution in [1.82, 2.24) is 5.32 Å². The number of unbranched alkanes of at least 4 members (excludes halogenated alkanes) is 1. The van der Waals surface area contributed by atoms with Crippen molar-refractivity contribution in [3.05, 3.63) is 0 Å². The van der Waals surface area contributed by atoms with Gasteiger partial charge in [0.05, 0.1) is 6.54 Å². The van der Waals surface area contributed by atoms with Gasteiger partial charge in [-0.3, -0.25) is 0 Å². The van der Waals surface area contributed by atoms with E-state index < -0.39 is 5.60 Å². The molecule has 0 saturated heterocycles. The number of halogens is 1. The van der Waals surface area contributed by atoms with Crippen LogP contribution in [-0.2, 0) is 4.74 Å². The standard InChI is InChI=1S/C9H20N2O2.ClH/c1-9(2,3)13-8(12)11-7-5-4-6-10;/h4-7,10H2,1-3H3,(H,11,12);1H. The van der Waals surface area contributed by atoms with E-state index in [0.717, 1.165) is 19.4 Å². The minimum absolute atomic E-state index is 0. The molecule has 86 valence electrons. The first-order valence-corrected chi connectivity index (χ1v) is 4.72. The van der Waals surface area contributed by atoms with Gasteiger partial charge in [-0.25, -0.2) is 4.79 Å². The van der Waals surface area contributed by atoms with Gasteiger partial charge in [0.1, 0.15) is 5.60 Å². The number of hydrogen-bond acceptors (Lipinski definition) is 2. The summed E-state index contributed by atoms with van der Waals surface area (Å²) in [6.07, 6.45) is 1.66. The van der Waals surface area contributed by atoms with E-state index in [1.54, 1.807) is 0 Å². The molecule has 0 aliphatic heterocycles. The number of carbonyl (C=O) groups excluding carboxylic acids is 1. The largest absolute Gasteiger partial charge is 1.00 e. The lowest BCUT2D eigenvalue weighted by Crippen LogP contribution is -3.00. The molecular formula is C9H21ClN2O2. The Labute approximate surface area is 92.0 Å². The highest BCUT2D eigenvalue weighted by molar-refractivity contribution is 5.67. The molecule has 0 heterocycles. The molecule has 0 atom stereocenters. The van der Waals surface area contributed by atoms with Crippen LogP contribution in [0, 0.1) is 0 Å². The topological polar surface area (TPSA) is 66.0 Å². The van der Waals surface area contributed by atoms with Crippen molar-refractivity contribution in [2.75, 3.05) is 13.1 Å². The van der Waals surface area contributed by atoms with Crippen LogP contribution >= 0.6 is 0 Å². The number of rotatable bonds is 4. The highest BCUT2D eigenvalue weighted by atomic mass is 35.5. The Morgan fingerprint density at radius 1 is 1.36 bits per heavy atom. The molecule has 1 amide bonds. The molecule has 0 radical (unpaired) electrons. The molecule has 0 aromatic heterocycles. The smallest absolute Gasteiger partial charge is 0.407 e. The summed E-state index contributed by atoms with van der Waals surface area (Å²) in [5, 5.41) is 2.69. The van der Waals surface area contributed by atoms with Crippen molar-refractivity contribution >= 4 is 6.09 Å². The summed E-state index contributed by atoms with van der Waals surface area (Å²) in [5.74, 6) is 0. The van der Waals surface area contributed by atoms with E-state index >= 15 is 0 Å². The zero-order valence-electron chi connectivity index (χ0n) is 9.23. The van der Waals surface area contributed by atoms with Gasteiger partial charge in [0.25, 0.3) is 0 Å². The Balaban J connectivity index is 0. The van der Waals surface area contributed by atoms with Gasteiger partial charge in [-0.05, 0) is 33.6 Å². The molecule has 0 aromatic carbocycles. The minimum atomic E-state index is -0.406. The molecule has 0 saturated carbocycles. The number of ether oxygens (including phenoxy) is 1. The Bertz CT molecular complexity index is 157. The molecule has 4 nitrogen and oxygen atoms in total. The second-order valence-electron chi connectivity index (χ2n) is 3.99. The van der Waals surface area contributed by atoms with Crippen molar-refractivity contribution in [2.24, 2.45) is 0 Å². The average molecular weight is 225 g/mol. The average Bonchev–Trinajstić information content (AvgIpc) is 1.94. The second kappa shape index (κ2) is 7.88. The fraction of sp³-hybridized carbons (Fsp3) is 0.889. The van der Waals surface area contributed by atoms with Gasteiger partial charge in [-0.2, -0.15) is 0 Å². The fourth-order valence-electron chi connectivity index (χ4n) is 0.806. The summed E-state index contributed by atoms with van der Waals surface area (Å²) in [6, 6.07) is 0. The molecule has 4 N–H and O–H groups in total. The van der Waals surface area contributed by atoms with Crippen molar-refractivity contribution in [2.45, 2.75) is 39.2 Å².